The van der Waals surface area contributed by atoms with E-state index in [1.54, 1.807) is 6.07 Å². The fourth-order valence-electron chi connectivity index (χ4n) is 0.953. The van der Waals surface area contributed by atoms with Crippen LogP contribution >= 0.6 is 22.9 Å². The third-order valence-electron chi connectivity index (χ3n) is 1.47. The number of halogens is 2. The highest BCUT2D eigenvalue weighted by molar-refractivity contribution is 7.22. The summed E-state index contributed by atoms with van der Waals surface area (Å²) in [6.45, 7) is 0. The van der Waals surface area contributed by atoms with E-state index in [-0.39, 0.29) is 5.02 Å². The van der Waals surface area contributed by atoms with Crippen LogP contribution in [0.15, 0.2) is 12.1 Å². The van der Waals surface area contributed by atoms with Gasteiger partial charge in [-0.1, -0.05) is 22.9 Å². The van der Waals surface area contributed by atoms with Gasteiger partial charge in [0, 0.05) is 0 Å². The molecule has 0 bridgehead atoms. The summed E-state index contributed by atoms with van der Waals surface area (Å²) in [6.07, 6.45) is 0. The predicted octanol–water partition coefficient (Wildman–Crippen LogP) is 2.67. The normalized spacial score (nSPS) is 10.8. The number of nitrogens with two attached hydrogens (primary N) is 1. The Balaban J connectivity index is 2.89. The average Bonchev–Trinajstić information content (AvgIpc) is 2.39. The molecule has 0 unspecified atom stereocenters. The molecule has 0 aliphatic heterocycles. The molecule has 0 aliphatic rings. The molecule has 12 heavy (non-hydrogen) atoms. The molecule has 62 valence electrons. The van der Waals surface area contributed by atoms with Gasteiger partial charge in [-0.15, -0.1) is 0 Å². The average molecular weight is 203 g/mol. The number of aromatic nitrogens is 1. The van der Waals surface area contributed by atoms with E-state index in [9.17, 15) is 4.39 Å². The summed E-state index contributed by atoms with van der Waals surface area (Å²) in [5.74, 6) is -0.437. The third kappa shape index (κ3) is 1.04. The van der Waals surface area contributed by atoms with Crippen molar-refractivity contribution in [2.75, 3.05) is 5.73 Å². The largest absolute Gasteiger partial charge is 0.375 e. The first kappa shape index (κ1) is 7.76. The van der Waals surface area contributed by atoms with Crippen molar-refractivity contribution in [1.82, 2.24) is 4.98 Å². The molecule has 0 spiro atoms. The molecule has 5 heteroatoms. The Labute approximate surface area is 76.8 Å². The van der Waals surface area contributed by atoms with E-state index in [1.807, 2.05) is 0 Å². The zero-order chi connectivity index (χ0) is 8.72. The van der Waals surface area contributed by atoms with Gasteiger partial charge in [0.2, 0.25) is 0 Å². The van der Waals surface area contributed by atoms with Crippen molar-refractivity contribution in [2.24, 2.45) is 0 Å². The Morgan fingerprint density at radius 3 is 3.00 bits per heavy atom. The number of anilines is 1. The summed E-state index contributed by atoms with van der Waals surface area (Å²) in [7, 11) is 0. The summed E-state index contributed by atoms with van der Waals surface area (Å²) < 4.78 is 13.5. The SMILES string of the molecule is Nc1nc2ccc(F)c(Cl)c2s1. The first-order valence-electron chi connectivity index (χ1n) is 3.18. The first-order chi connectivity index (χ1) is 5.68. The summed E-state index contributed by atoms with van der Waals surface area (Å²) in [4.78, 5) is 3.96. The molecule has 2 N–H and O–H groups in total. The van der Waals surface area contributed by atoms with Crippen LogP contribution in [0.1, 0.15) is 0 Å². The van der Waals surface area contributed by atoms with E-state index < -0.39 is 5.82 Å². The maximum Gasteiger partial charge on any atom is 0.181 e. The molecule has 1 aromatic heterocycles. The molecule has 0 atom stereocenters. The lowest BCUT2D eigenvalue weighted by molar-refractivity contribution is 0.630. The van der Waals surface area contributed by atoms with Gasteiger partial charge in [0.05, 0.1) is 15.2 Å². The molecule has 0 fully saturated rings. The first-order valence-corrected chi connectivity index (χ1v) is 4.38. The molecule has 0 saturated heterocycles. The van der Waals surface area contributed by atoms with Crippen molar-refractivity contribution >= 4 is 38.3 Å². The zero-order valence-electron chi connectivity index (χ0n) is 5.84. The minimum Gasteiger partial charge on any atom is -0.375 e. The van der Waals surface area contributed by atoms with Gasteiger partial charge in [-0.3, -0.25) is 0 Å². The number of hydrogen-bond acceptors (Lipinski definition) is 3. The molecule has 2 nitrogen and oxygen atoms in total. The Bertz CT molecular complexity index is 440. The highest BCUT2D eigenvalue weighted by Crippen LogP contribution is 2.32. The maximum absolute atomic E-state index is 12.9. The lowest BCUT2D eigenvalue weighted by atomic mass is 10.3. The monoisotopic (exact) mass is 202 g/mol. The van der Waals surface area contributed by atoms with E-state index >= 15 is 0 Å². The number of hydrogen-bond donors (Lipinski definition) is 1. The van der Waals surface area contributed by atoms with Crippen LogP contribution in [0.4, 0.5) is 9.52 Å². The molecule has 0 amide bonds. The van der Waals surface area contributed by atoms with Crippen molar-refractivity contribution in [1.29, 1.82) is 0 Å². The number of thiazole rings is 1. The summed E-state index contributed by atoms with van der Waals surface area (Å²) in [5, 5.41) is 0.499. The van der Waals surface area contributed by atoms with Crippen LogP contribution in [0.3, 0.4) is 0 Å². The molecule has 2 aromatic rings. The number of benzene rings is 1. The fraction of sp³-hybridized carbons (Fsp3) is 0. The maximum atomic E-state index is 12.9. The number of nitrogen functional groups attached to an aromatic ring is 1. The number of fused-ring (bicyclic) bond motifs is 1. The van der Waals surface area contributed by atoms with Crippen molar-refractivity contribution < 1.29 is 4.39 Å². The lowest BCUT2D eigenvalue weighted by Crippen LogP contribution is -1.79. The van der Waals surface area contributed by atoms with Gasteiger partial charge >= 0.3 is 0 Å². The van der Waals surface area contributed by atoms with E-state index in [4.69, 9.17) is 17.3 Å². The summed E-state index contributed by atoms with van der Waals surface area (Å²) >= 11 is 6.87. The summed E-state index contributed by atoms with van der Waals surface area (Å²) in [5.41, 5.74) is 6.08. The Morgan fingerprint density at radius 2 is 2.25 bits per heavy atom. The van der Waals surface area contributed by atoms with Crippen molar-refractivity contribution in [2.45, 2.75) is 0 Å². The van der Waals surface area contributed by atoms with Crippen molar-refractivity contribution in [3.05, 3.63) is 23.0 Å². The molecule has 1 heterocycles. The fourth-order valence-corrected chi connectivity index (χ4v) is 1.99. The second kappa shape index (κ2) is 2.57. The molecule has 0 aliphatic carbocycles. The smallest absolute Gasteiger partial charge is 0.181 e. The van der Waals surface area contributed by atoms with Crippen LogP contribution in [-0.2, 0) is 0 Å². The molecular weight excluding hydrogens is 199 g/mol. The molecule has 2 rings (SSSR count). The van der Waals surface area contributed by atoms with Gasteiger partial charge in [0.1, 0.15) is 5.82 Å². The van der Waals surface area contributed by atoms with E-state index in [0.29, 0.717) is 15.3 Å². The van der Waals surface area contributed by atoms with Gasteiger partial charge in [0.15, 0.2) is 5.13 Å². The van der Waals surface area contributed by atoms with Gasteiger partial charge in [0.25, 0.3) is 0 Å². The minimum atomic E-state index is -0.437. The Kier molecular flexibility index (Phi) is 1.66. The van der Waals surface area contributed by atoms with Crippen molar-refractivity contribution in [3.63, 3.8) is 0 Å². The van der Waals surface area contributed by atoms with Gasteiger partial charge in [-0.25, -0.2) is 9.37 Å². The van der Waals surface area contributed by atoms with Gasteiger partial charge in [-0.2, -0.15) is 0 Å². The second-order valence-electron chi connectivity index (χ2n) is 2.26. The van der Waals surface area contributed by atoms with E-state index in [0.717, 1.165) is 0 Å². The Hall–Kier alpha value is -0.870. The van der Waals surface area contributed by atoms with Crippen LogP contribution in [-0.4, -0.2) is 4.98 Å². The standard InChI is InChI=1S/C7H4ClFN2S/c8-5-3(9)1-2-4-6(5)12-7(10)11-4/h1-2H,(H2,10,11). The third-order valence-corrected chi connectivity index (χ3v) is 2.87. The van der Waals surface area contributed by atoms with Crippen LogP contribution in [0, 0.1) is 5.82 Å². The van der Waals surface area contributed by atoms with Gasteiger partial charge < -0.3 is 5.73 Å². The highest BCUT2D eigenvalue weighted by Gasteiger charge is 2.08. The van der Waals surface area contributed by atoms with E-state index in [1.165, 1.54) is 17.4 Å². The number of rotatable bonds is 0. The zero-order valence-corrected chi connectivity index (χ0v) is 7.42. The molecule has 0 radical (unpaired) electrons. The lowest BCUT2D eigenvalue weighted by Gasteiger charge is -1.92. The van der Waals surface area contributed by atoms with Crippen LogP contribution in [0.2, 0.25) is 5.02 Å². The second-order valence-corrected chi connectivity index (χ2v) is 3.67. The van der Waals surface area contributed by atoms with Crippen LogP contribution in [0.5, 0.6) is 0 Å². The number of nitrogens with zero attached hydrogens (tertiary/aromatic N) is 1. The predicted molar refractivity (Wildman–Crippen MR) is 49.0 cm³/mol. The van der Waals surface area contributed by atoms with Crippen LogP contribution < -0.4 is 5.73 Å². The van der Waals surface area contributed by atoms with Crippen molar-refractivity contribution in [3.8, 4) is 0 Å². The highest BCUT2D eigenvalue weighted by atomic mass is 35.5. The molecule has 0 saturated carbocycles. The van der Waals surface area contributed by atoms with Crippen LogP contribution in [0.25, 0.3) is 10.2 Å². The van der Waals surface area contributed by atoms with Gasteiger partial charge in [-0.05, 0) is 12.1 Å². The quantitative estimate of drug-likeness (QED) is 0.714. The minimum absolute atomic E-state index is 0.0988. The molecular formula is C7H4ClFN2S. The van der Waals surface area contributed by atoms with E-state index in [2.05, 4.69) is 4.98 Å². The summed E-state index contributed by atoms with van der Waals surface area (Å²) in [6, 6.07) is 2.84. The Morgan fingerprint density at radius 1 is 1.50 bits per heavy atom. The topological polar surface area (TPSA) is 38.9 Å². The molecule has 1 aromatic carbocycles.